The molecule has 84 valence electrons. The summed E-state index contributed by atoms with van der Waals surface area (Å²) in [4.78, 5) is 4.30. The van der Waals surface area contributed by atoms with Crippen molar-refractivity contribution in [3.05, 3.63) is 39.5 Å². The molecule has 1 heterocycles. The first-order valence-corrected chi connectivity index (χ1v) is 5.82. The molecule has 0 saturated heterocycles. The Kier molecular flexibility index (Phi) is 3.04. The molecule has 0 aliphatic heterocycles. The molecule has 0 bridgehead atoms. The summed E-state index contributed by atoms with van der Waals surface area (Å²) in [7, 11) is 1.86. The van der Waals surface area contributed by atoms with Crippen molar-refractivity contribution in [2.75, 3.05) is 0 Å². The van der Waals surface area contributed by atoms with Crippen molar-refractivity contribution in [1.82, 2.24) is 9.55 Å². The lowest BCUT2D eigenvalue weighted by Crippen LogP contribution is -1.90. The van der Waals surface area contributed by atoms with E-state index in [2.05, 4.69) is 20.9 Å². The van der Waals surface area contributed by atoms with Gasteiger partial charge in [0.2, 0.25) is 0 Å². The van der Waals surface area contributed by atoms with Crippen molar-refractivity contribution in [3.63, 3.8) is 0 Å². The van der Waals surface area contributed by atoms with Crippen molar-refractivity contribution in [3.8, 4) is 11.3 Å². The Balaban J connectivity index is 2.67. The van der Waals surface area contributed by atoms with Crippen LogP contribution in [0.3, 0.4) is 0 Å². The van der Waals surface area contributed by atoms with Gasteiger partial charge in [-0.05, 0) is 41.1 Å². The van der Waals surface area contributed by atoms with Gasteiger partial charge in [0.15, 0.2) is 0 Å². The van der Waals surface area contributed by atoms with Crippen LogP contribution in [0.25, 0.3) is 11.3 Å². The van der Waals surface area contributed by atoms with Gasteiger partial charge in [-0.25, -0.2) is 9.37 Å². The summed E-state index contributed by atoms with van der Waals surface area (Å²) >= 11 is 9.24. The van der Waals surface area contributed by atoms with E-state index in [0.717, 1.165) is 10.4 Å². The van der Waals surface area contributed by atoms with E-state index in [1.807, 2.05) is 18.5 Å². The minimum absolute atomic E-state index is 0.330. The van der Waals surface area contributed by atoms with Gasteiger partial charge in [-0.1, -0.05) is 11.6 Å². The van der Waals surface area contributed by atoms with Gasteiger partial charge in [0.1, 0.15) is 21.9 Å². The lowest BCUT2D eigenvalue weighted by atomic mass is 10.1. The van der Waals surface area contributed by atoms with Crippen molar-refractivity contribution in [2.24, 2.45) is 7.05 Å². The first-order chi connectivity index (χ1) is 7.50. The molecule has 0 spiro atoms. The number of aryl methyl sites for hydroxylation is 1. The topological polar surface area (TPSA) is 17.8 Å². The van der Waals surface area contributed by atoms with Gasteiger partial charge in [0.25, 0.3) is 0 Å². The number of nitrogens with zero attached hydrogens (tertiary/aromatic N) is 2. The van der Waals surface area contributed by atoms with Crippen LogP contribution < -0.4 is 0 Å². The zero-order valence-corrected chi connectivity index (χ0v) is 11.1. The molecular weight excluding hydrogens is 294 g/mol. The van der Waals surface area contributed by atoms with Gasteiger partial charge in [-0.3, -0.25) is 0 Å². The number of rotatable bonds is 1. The Morgan fingerprint density at radius 3 is 2.69 bits per heavy atom. The highest BCUT2D eigenvalue weighted by Crippen LogP contribution is 2.31. The van der Waals surface area contributed by atoms with Gasteiger partial charge < -0.3 is 4.57 Å². The number of halogens is 3. The molecule has 0 atom stereocenters. The minimum atomic E-state index is -0.330. The van der Waals surface area contributed by atoms with Crippen LogP contribution in [0.1, 0.15) is 5.82 Å². The first-order valence-electron chi connectivity index (χ1n) is 4.65. The van der Waals surface area contributed by atoms with Gasteiger partial charge in [-0.2, -0.15) is 0 Å². The molecule has 1 aromatic heterocycles. The highest BCUT2D eigenvalue weighted by Gasteiger charge is 2.15. The van der Waals surface area contributed by atoms with Crippen LogP contribution in [0.2, 0.25) is 5.02 Å². The highest BCUT2D eigenvalue weighted by atomic mass is 79.9. The molecule has 0 fully saturated rings. The molecular formula is C11H9BrClFN2. The second kappa shape index (κ2) is 4.18. The third kappa shape index (κ3) is 1.87. The van der Waals surface area contributed by atoms with E-state index < -0.39 is 0 Å². The third-order valence-corrected chi connectivity index (χ3v) is 3.58. The van der Waals surface area contributed by atoms with Crippen LogP contribution in [0, 0.1) is 12.7 Å². The Labute approximate surface area is 106 Å². The summed E-state index contributed by atoms with van der Waals surface area (Å²) in [5.41, 5.74) is 0.975. The van der Waals surface area contributed by atoms with Crippen LogP contribution in [0.4, 0.5) is 4.39 Å². The second-order valence-electron chi connectivity index (χ2n) is 3.48. The maximum Gasteiger partial charge on any atom is 0.132 e. The molecule has 0 radical (unpaired) electrons. The minimum Gasteiger partial charge on any atom is -0.326 e. The molecule has 0 N–H and O–H groups in total. The standard InChI is InChI=1S/C11H9BrClFN2/c1-6-15-10(11(12)16(6)2)8-5-7(13)3-4-9(8)14/h3-5H,1-2H3. The maximum absolute atomic E-state index is 13.6. The predicted molar refractivity (Wildman–Crippen MR) is 66.0 cm³/mol. The van der Waals surface area contributed by atoms with Crippen molar-refractivity contribution >= 4 is 27.5 Å². The van der Waals surface area contributed by atoms with Crippen molar-refractivity contribution in [1.29, 1.82) is 0 Å². The van der Waals surface area contributed by atoms with E-state index in [1.54, 1.807) is 6.07 Å². The number of imidazole rings is 1. The Hall–Kier alpha value is -0.870. The fourth-order valence-corrected chi connectivity index (χ4v) is 2.17. The normalized spacial score (nSPS) is 10.8. The molecule has 0 aliphatic carbocycles. The van der Waals surface area contributed by atoms with E-state index in [9.17, 15) is 4.39 Å². The van der Waals surface area contributed by atoms with Gasteiger partial charge in [0.05, 0.1) is 0 Å². The van der Waals surface area contributed by atoms with Crippen LogP contribution in [0.15, 0.2) is 22.8 Å². The van der Waals surface area contributed by atoms with Crippen LogP contribution in [0.5, 0.6) is 0 Å². The molecule has 2 rings (SSSR count). The SMILES string of the molecule is Cc1nc(-c2cc(Cl)ccc2F)c(Br)n1C. The zero-order valence-electron chi connectivity index (χ0n) is 8.76. The van der Waals surface area contributed by atoms with E-state index >= 15 is 0 Å². The van der Waals surface area contributed by atoms with Crippen LogP contribution in [-0.4, -0.2) is 9.55 Å². The number of hydrogen-bond acceptors (Lipinski definition) is 1. The predicted octanol–water partition coefficient (Wildman–Crippen LogP) is 3.95. The molecule has 0 amide bonds. The van der Waals surface area contributed by atoms with E-state index in [1.165, 1.54) is 12.1 Å². The Morgan fingerprint density at radius 1 is 1.44 bits per heavy atom. The van der Waals surface area contributed by atoms with E-state index in [4.69, 9.17) is 11.6 Å². The van der Waals surface area contributed by atoms with Crippen LogP contribution in [-0.2, 0) is 7.05 Å². The molecule has 1 aromatic carbocycles. The van der Waals surface area contributed by atoms with Crippen molar-refractivity contribution in [2.45, 2.75) is 6.92 Å². The smallest absolute Gasteiger partial charge is 0.132 e. The lowest BCUT2D eigenvalue weighted by Gasteiger charge is -2.01. The average Bonchev–Trinajstić information content (AvgIpc) is 2.50. The van der Waals surface area contributed by atoms with Crippen LogP contribution >= 0.6 is 27.5 Å². The fraction of sp³-hybridized carbons (Fsp3) is 0.182. The highest BCUT2D eigenvalue weighted by molar-refractivity contribution is 9.10. The monoisotopic (exact) mass is 302 g/mol. The molecule has 0 unspecified atom stereocenters. The quantitative estimate of drug-likeness (QED) is 0.780. The largest absolute Gasteiger partial charge is 0.326 e. The Bertz CT molecular complexity index is 551. The van der Waals surface area contributed by atoms with Gasteiger partial charge in [0, 0.05) is 17.6 Å². The van der Waals surface area contributed by atoms with Crippen molar-refractivity contribution < 1.29 is 4.39 Å². The maximum atomic E-state index is 13.6. The number of aromatic nitrogens is 2. The zero-order chi connectivity index (χ0) is 11.9. The number of benzene rings is 1. The third-order valence-electron chi connectivity index (χ3n) is 2.43. The summed E-state index contributed by atoms with van der Waals surface area (Å²) < 4.78 is 16.2. The first kappa shape index (κ1) is 11.6. The van der Waals surface area contributed by atoms with E-state index in [-0.39, 0.29) is 5.82 Å². The average molecular weight is 304 g/mol. The fourth-order valence-electron chi connectivity index (χ4n) is 1.43. The molecule has 0 aliphatic rings. The van der Waals surface area contributed by atoms with Gasteiger partial charge >= 0.3 is 0 Å². The van der Waals surface area contributed by atoms with Gasteiger partial charge in [-0.15, -0.1) is 0 Å². The molecule has 5 heteroatoms. The van der Waals surface area contributed by atoms with E-state index in [0.29, 0.717) is 16.3 Å². The summed E-state index contributed by atoms with van der Waals surface area (Å²) in [5.74, 6) is 0.476. The second-order valence-corrected chi connectivity index (χ2v) is 4.67. The summed E-state index contributed by atoms with van der Waals surface area (Å²) in [6, 6.07) is 4.43. The summed E-state index contributed by atoms with van der Waals surface area (Å²) in [5, 5.41) is 0.492. The summed E-state index contributed by atoms with van der Waals surface area (Å²) in [6.45, 7) is 1.86. The number of hydrogen-bond donors (Lipinski definition) is 0. The molecule has 2 aromatic rings. The molecule has 0 saturated carbocycles. The summed E-state index contributed by atoms with van der Waals surface area (Å²) in [6.07, 6.45) is 0. The molecule has 2 nitrogen and oxygen atoms in total. The lowest BCUT2D eigenvalue weighted by molar-refractivity contribution is 0.630. The molecule has 16 heavy (non-hydrogen) atoms. The Morgan fingerprint density at radius 2 is 2.12 bits per heavy atom.